The van der Waals surface area contributed by atoms with E-state index in [1.807, 2.05) is 43.3 Å². The van der Waals surface area contributed by atoms with Crippen LogP contribution in [0.1, 0.15) is 12.5 Å². The van der Waals surface area contributed by atoms with E-state index in [0.717, 1.165) is 17.5 Å². The summed E-state index contributed by atoms with van der Waals surface area (Å²) in [4.78, 5) is 0. The predicted molar refractivity (Wildman–Crippen MR) is 96.9 cm³/mol. The molecule has 0 aliphatic rings. The lowest BCUT2D eigenvalue weighted by atomic mass is 10.1. The largest absolute Gasteiger partial charge is 0.496 e. The van der Waals surface area contributed by atoms with Gasteiger partial charge in [-0.1, -0.05) is 24.3 Å². The average Bonchev–Trinajstić information content (AvgIpc) is 3.08. The third-order valence-electron chi connectivity index (χ3n) is 3.92. The van der Waals surface area contributed by atoms with E-state index >= 15 is 0 Å². The molecule has 0 fully saturated rings. The Bertz CT molecular complexity index is 835. The number of hydrogen-bond donors (Lipinski definition) is 1. The lowest BCUT2D eigenvalue weighted by molar-refractivity contribution is 0.220. The summed E-state index contributed by atoms with van der Waals surface area (Å²) < 4.78 is 21.6. The van der Waals surface area contributed by atoms with Gasteiger partial charge in [-0.25, -0.2) is 0 Å². The maximum Gasteiger partial charge on any atom is 0.252 e. The highest BCUT2D eigenvalue weighted by molar-refractivity contribution is 5.58. The van der Waals surface area contributed by atoms with Crippen molar-refractivity contribution < 1.29 is 23.8 Å². The molecular formula is C20H21NO5. The molecule has 1 unspecified atom stereocenters. The van der Waals surface area contributed by atoms with Crippen molar-refractivity contribution in [3.63, 3.8) is 0 Å². The SMILES string of the molecule is COc1cc(OC)cc(OC(C)Cc2ccc(-c3cc(O)no3)cc2)c1. The van der Waals surface area contributed by atoms with Gasteiger partial charge >= 0.3 is 0 Å². The summed E-state index contributed by atoms with van der Waals surface area (Å²) in [5.74, 6) is 2.47. The molecule has 0 radical (unpaired) electrons. The summed E-state index contributed by atoms with van der Waals surface area (Å²) in [6.07, 6.45) is 0.702. The average molecular weight is 355 g/mol. The summed E-state index contributed by atoms with van der Waals surface area (Å²) in [6.45, 7) is 2.01. The van der Waals surface area contributed by atoms with Gasteiger partial charge in [0.15, 0.2) is 5.76 Å². The Hall–Kier alpha value is -3.15. The van der Waals surface area contributed by atoms with Crippen LogP contribution < -0.4 is 14.2 Å². The standard InChI is InChI=1S/C20H21NO5/c1-13(25-18-10-16(23-2)9-17(11-18)24-3)8-14-4-6-15(7-5-14)19-12-20(22)21-26-19/h4-7,9-13H,8H2,1-3H3,(H,21,22). The van der Waals surface area contributed by atoms with Crippen LogP contribution in [0.25, 0.3) is 11.3 Å². The summed E-state index contributed by atoms with van der Waals surface area (Å²) >= 11 is 0. The van der Waals surface area contributed by atoms with Gasteiger partial charge in [-0.05, 0) is 17.6 Å². The Morgan fingerprint density at radius 2 is 1.58 bits per heavy atom. The number of rotatable bonds is 7. The van der Waals surface area contributed by atoms with Crippen LogP contribution in [-0.2, 0) is 6.42 Å². The van der Waals surface area contributed by atoms with Gasteiger partial charge < -0.3 is 23.8 Å². The molecule has 26 heavy (non-hydrogen) atoms. The first-order valence-electron chi connectivity index (χ1n) is 8.22. The van der Waals surface area contributed by atoms with Crippen molar-refractivity contribution in [2.45, 2.75) is 19.4 Å². The van der Waals surface area contributed by atoms with Crippen LogP contribution in [0.3, 0.4) is 0 Å². The molecule has 0 bridgehead atoms. The molecule has 0 aliphatic carbocycles. The van der Waals surface area contributed by atoms with Crippen LogP contribution in [0.5, 0.6) is 23.1 Å². The Kier molecular flexibility index (Phi) is 5.31. The maximum absolute atomic E-state index is 9.26. The highest BCUT2D eigenvalue weighted by atomic mass is 16.5. The number of aromatic nitrogens is 1. The molecule has 0 aliphatic heterocycles. The van der Waals surface area contributed by atoms with Crippen LogP contribution in [0.15, 0.2) is 53.1 Å². The second-order valence-electron chi connectivity index (χ2n) is 5.93. The molecular weight excluding hydrogens is 334 g/mol. The van der Waals surface area contributed by atoms with E-state index in [9.17, 15) is 5.11 Å². The summed E-state index contributed by atoms with van der Waals surface area (Å²) in [5.41, 5.74) is 1.98. The number of aromatic hydroxyl groups is 1. The highest BCUT2D eigenvalue weighted by Crippen LogP contribution is 2.29. The third kappa shape index (κ3) is 4.27. The molecule has 1 N–H and O–H groups in total. The first-order chi connectivity index (χ1) is 12.6. The van der Waals surface area contributed by atoms with Crippen LogP contribution in [0, 0.1) is 0 Å². The second kappa shape index (κ2) is 7.82. The Morgan fingerprint density at radius 1 is 0.962 bits per heavy atom. The van der Waals surface area contributed by atoms with Crippen LogP contribution in [-0.4, -0.2) is 30.6 Å². The van der Waals surface area contributed by atoms with E-state index in [1.165, 1.54) is 6.07 Å². The Labute approximate surface area is 151 Å². The van der Waals surface area contributed by atoms with Crippen molar-refractivity contribution in [3.8, 4) is 34.5 Å². The van der Waals surface area contributed by atoms with E-state index in [1.54, 1.807) is 20.3 Å². The Morgan fingerprint density at radius 3 is 2.12 bits per heavy atom. The van der Waals surface area contributed by atoms with Crippen LogP contribution in [0.4, 0.5) is 0 Å². The van der Waals surface area contributed by atoms with E-state index in [0.29, 0.717) is 23.0 Å². The van der Waals surface area contributed by atoms with Crippen LogP contribution in [0.2, 0.25) is 0 Å². The van der Waals surface area contributed by atoms with Gasteiger partial charge in [0.25, 0.3) is 5.88 Å². The molecule has 1 atom stereocenters. The third-order valence-corrected chi connectivity index (χ3v) is 3.92. The van der Waals surface area contributed by atoms with E-state index < -0.39 is 0 Å². The maximum atomic E-state index is 9.26. The van der Waals surface area contributed by atoms with Gasteiger partial charge in [0, 0.05) is 36.2 Å². The number of benzene rings is 2. The summed E-state index contributed by atoms with van der Waals surface area (Å²) in [7, 11) is 3.22. The number of hydrogen-bond acceptors (Lipinski definition) is 6. The number of ether oxygens (including phenoxy) is 3. The quantitative estimate of drug-likeness (QED) is 0.688. The molecule has 136 valence electrons. The predicted octanol–water partition coefficient (Wildman–Crippen LogP) is 4.07. The minimum atomic E-state index is -0.125. The molecule has 2 aromatic carbocycles. The normalized spacial score (nSPS) is 11.8. The molecule has 3 rings (SSSR count). The molecule has 0 spiro atoms. The zero-order chi connectivity index (χ0) is 18.5. The molecule has 1 heterocycles. The summed E-state index contributed by atoms with van der Waals surface area (Å²) in [6, 6.07) is 14.8. The molecule has 1 aromatic heterocycles. The topological polar surface area (TPSA) is 74.0 Å². The molecule has 6 nitrogen and oxygen atoms in total. The van der Waals surface area contributed by atoms with Crippen molar-refractivity contribution in [1.82, 2.24) is 5.16 Å². The fourth-order valence-electron chi connectivity index (χ4n) is 2.66. The monoisotopic (exact) mass is 355 g/mol. The minimum absolute atomic E-state index is 0.0352. The van der Waals surface area contributed by atoms with Gasteiger partial charge in [-0.3, -0.25) is 0 Å². The van der Waals surface area contributed by atoms with Crippen molar-refractivity contribution >= 4 is 0 Å². The van der Waals surface area contributed by atoms with Crippen molar-refractivity contribution in [1.29, 1.82) is 0 Å². The molecule has 3 aromatic rings. The molecule has 6 heteroatoms. The smallest absolute Gasteiger partial charge is 0.252 e. The van der Waals surface area contributed by atoms with Crippen molar-refractivity contribution in [2.75, 3.05) is 14.2 Å². The lowest BCUT2D eigenvalue weighted by Gasteiger charge is -2.16. The molecule has 0 saturated heterocycles. The molecule has 0 saturated carbocycles. The summed E-state index contributed by atoms with van der Waals surface area (Å²) in [5, 5.41) is 12.7. The highest BCUT2D eigenvalue weighted by Gasteiger charge is 2.10. The zero-order valence-electron chi connectivity index (χ0n) is 14.9. The second-order valence-corrected chi connectivity index (χ2v) is 5.93. The van der Waals surface area contributed by atoms with Gasteiger partial charge in [-0.15, -0.1) is 0 Å². The van der Waals surface area contributed by atoms with Crippen LogP contribution >= 0.6 is 0 Å². The van der Waals surface area contributed by atoms with Gasteiger partial charge in [0.2, 0.25) is 0 Å². The van der Waals surface area contributed by atoms with Gasteiger partial charge in [-0.2, -0.15) is 0 Å². The first kappa shape index (κ1) is 17.7. The van der Waals surface area contributed by atoms with Crippen molar-refractivity contribution in [3.05, 3.63) is 54.1 Å². The Balaban J connectivity index is 1.65. The van der Waals surface area contributed by atoms with E-state index in [2.05, 4.69) is 5.16 Å². The van der Waals surface area contributed by atoms with Gasteiger partial charge in [0.05, 0.1) is 20.3 Å². The van der Waals surface area contributed by atoms with E-state index in [4.69, 9.17) is 18.7 Å². The first-order valence-corrected chi connectivity index (χ1v) is 8.22. The number of nitrogens with zero attached hydrogens (tertiary/aromatic N) is 1. The van der Waals surface area contributed by atoms with Crippen molar-refractivity contribution in [2.24, 2.45) is 0 Å². The van der Waals surface area contributed by atoms with E-state index in [-0.39, 0.29) is 12.0 Å². The fraction of sp³-hybridized carbons (Fsp3) is 0.250. The molecule has 0 amide bonds. The number of methoxy groups -OCH3 is 2. The lowest BCUT2D eigenvalue weighted by Crippen LogP contribution is -2.15. The fourth-order valence-corrected chi connectivity index (χ4v) is 2.66. The zero-order valence-corrected chi connectivity index (χ0v) is 14.9. The van der Waals surface area contributed by atoms with Gasteiger partial charge in [0.1, 0.15) is 17.2 Å². The minimum Gasteiger partial charge on any atom is -0.496 e.